The number of hydrogen-bond acceptors (Lipinski definition) is 3. The molecule has 6 aliphatic rings. The molecule has 5 unspecified atom stereocenters. The molecule has 5 heteroatoms. The summed E-state index contributed by atoms with van der Waals surface area (Å²) < 4.78 is 5.66. The highest BCUT2D eigenvalue weighted by Gasteiger charge is 2.56. The van der Waals surface area contributed by atoms with Crippen molar-refractivity contribution in [3.63, 3.8) is 0 Å². The number of nitrogens with one attached hydrogen (secondary N) is 1. The third kappa shape index (κ3) is 2.31. The van der Waals surface area contributed by atoms with Gasteiger partial charge in [-0.15, -0.1) is 0 Å². The van der Waals surface area contributed by atoms with Gasteiger partial charge in [-0.25, -0.2) is 0 Å². The summed E-state index contributed by atoms with van der Waals surface area (Å²) in [4.78, 5) is 24.6. The lowest BCUT2D eigenvalue weighted by molar-refractivity contribution is -0.147. The van der Waals surface area contributed by atoms with Crippen LogP contribution >= 0.6 is 0 Å². The van der Waals surface area contributed by atoms with Gasteiger partial charge in [0.15, 0.2) is 0 Å². The van der Waals surface area contributed by atoms with Crippen LogP contribution in [-0.2, 0) is 14.3 Å². The summed E-state index contributed by atoms with van der Waals surface area (Å²) in [5.74, 6) is 0.109. The van der Waals surface area contributed by atoms with E-state index in [4.69, 9.17) is 4.74 Å². The van der Waals surface area contributed by atoms with E-state index in [-0.39, 0.29) is 23.5 Å². The monoisotopic (exact) mass is 345 g/mol. The van der Waals surface area contributed by atoms with Crippen LogP contribution < -0.4 is 5.32 Å². The fraction of sp³-hybridized carbons (Fsp3) is 0.800. The molecule has 2 N–H and O–H groups in total. The first-order chi connectivity index (χ1) is 11.9. The number of fused-ring (bicyclic) bond motifs is 2. The number of rotatable bonds is 4. The largest absolute Gasteiger partial charge is 0.481 e. The van der Waals surface area contributed by atoms with Crippen molar-refractivity contribution in [2.45, 2.75) is 63.7 Å². The van der Waals surface area contributed by atoms with Crippen LogP contribution in [0.1, 0.15) is 45.4 Å². The van der Waals surface area contributed by atoms with Crippen molar-refractivity contribution in [3.8, 4) is 0 Å². The molecule has 2 aliphatic heterocycles. The van der Waals surface area contributed by atoms with Gasteiger partial charge in [0.25, 0.3) is 0 Å². The number of hydrogen-bond donors (Lipinski definition) is 2. The maximum Gasteiger partial charge on any atom is 0.310 e. The van der Waals surface area contributed by atoms with Crippen LogP contribution in [0.5, 0.6) is 0 Å². The van der Waals surface area contributed by atoms with Gasteiger partial charge in [-0.05, 0) is 68.6 Å². The van der Waals surface area contributed by atoms with E-state index < -0.39 is 23.9 Å². The molecule has 0 aromatic rings. The average molecular weight is 345 g/mol. The third-order valence-electron chi connectivity index (χ3n) is 7.85. The normalized spacial score (nSPS) is 50.2. The van der Waals surface area contributed by atoms with Crippen LogP contribution in [0.4, 0.5) is 0 Å². The number of carboxylic acid groups (broad SMARTS) is 1. The molecule has 136 valence electrons. The lowest BCUT2D eigenvalue weighted by Gasteiger charge is -2.59. The Morgan fingerprint density at radius 3 is 2.08 bits per heavy atom. The van der Waals surface area contributed by atoms with Crippen molar-refractivity contribution < 1.29 is 19.4 Å². The number of amides is 1. The molecule has 5 nitrogen and oxygen atoms in total. The lowest BCUT2D eigenvalue weighted by Crippen LogP contribution is -2.57. The maximum atomic E-state index is 13.0. The molecule has 0 radical (unpaired) electrons. The van der Waals surface area contributed by atoms with Gasteiger partial charge >= 0.3 is 5.97 Å². The Hall–Kier alpha value is -1.36. The molecule has 1 saturated heterocycles. The van der Waals surface area contributed by atoms with Crippen molar-refractivity contribution in [1.82, 2.24) is 5.32 Å². The van der Waals surface area contributed by atoms with Crippen LogP contribution in [0, 0.1) is 35.0 Å². The zero-order valence-electron chi connectivity index (χ0n) is 14.7. The molecule has 6 bridgehead atoms. The van der Waals surface area contributed by atoms with E-state index in [0.29, 0.717) is 0 Å². The maximum absolute atomic E-state index is 13.0. The summed E-state index contributed by atoms with van der Waals surface area (Å²) in [5.41, 5.74) is 0.234. The highest BCUT2D eigenvalue weighted by Crippen LogP contribution is 2.61. The Labute approximate surface area is 148 Å². The summed E-state index contributed by atoms with van der Waals surface area (Å²) >= 11 is 0. The molecule has 1 amide bonds. The number of aliphatic carboxylic acids is 1. The van der Waals surface area contributed by atoms with Crippen molar-refractivity contribution >= 4 is 11.9 Å². The molecule has 0 spiro atoms. The molecule has 4 aliphatic carbocycles. The predicted octanol–water partition coefficient (Wildman–Crippen LogP) is 2.36. The minimum atomic E-state index is -0.931. The van der Waals surface area contributed by atoms with Crippen LogP contribution in [-0.4, -0.2) is 35.2 Å². The van der Waals surface area contributed by atoms with Crippen molar-refractivity contribution in [3.05, 3.63) is 12.2 Å². The van der Waals surface area contributed by atoms with Crippen molar-refractivity contribution in [1.29, 1.82) is 0 Å². The Morgan fingerprint density at radius 1 is 1.04 bits per heavy atom. The molecule has 0 aromatic heterocycles. The Balaban J connectivity index is 1.33. The minimum absolute atomic E-state index is 0.117. The molecule has 5 fully saturated rings. The van der Waals surface area contributed by atoms with Gasteiger partial charge in [0.1, 0.15) is 5.92 Å². The van der Waals surface area contributed by atoms with Crippen LogP contribution in [0.3, 0.4) is 0 Å². The first kappa shape index (κ1) is 15.9. The SMILES string of the molecule is CC(NC(=O)C1C2C=CC(O2)C1C(=O)O)C12CC3CC(CC(C3)C1)C2. The highest BCUT2D eigenvalue weighted by atomic mass is 16.5. The summed E-state index contributed by atoms with van der Waals surface area (Å²) in [6, 6.07) is 0.117. The molecule has 25 heavy (non-hydrogen) atoms. The summed E-state index contributed by atoms with van der Waals surface area (Å²) in [6.07, 6.45) is 10.6. The number of carboxylic acids is 1. The molecular weight excluding hydrogens is 318 g/mol. The Bertz CT molecular complexity index is 606. The van der Waals surface area contributed by atoms with Crippen LogP contribution in [0.15, 0.2) is 12.2 Å². The van der Waals surface area contributed by atoms with E-state index >= 15 is 0 Å². The number of carbonyl (C=O) groups is 2. The van der Waals surface area contributed by atoms with Gasteiger partial charge in [-0.2, -0.15) is 0 Å². The van der Waals surface area contributed by atoms with Gasteiger partial charge in [0.2, 0.25) is 5.91 Å². The number of ether oxygens (including phenoxy) is 1. The van der Waals surface area contributed by atoms with E-state index in [1.165, 1.54) is 38.5 Å². The molecule has 2 heterocycles. The smallest absolute Gasteiger partial charge is 0.310 e. The second-order valence-electron chi connectivity index (χ2n) is 9.35. The van der Waals surface area contributed by atoms with Gasteiger partial charge in [-0.3, -0.25) is 9.59 Å². The second kappa shape index (κ2) is 5.32. The summed E-state index contributed by atoms with van der Waals surface area (Å²) in [6.45, 7) is 2.14. The average Bonchev–Trinajstić information content (AvgIpc) is 3.14. The predicted molar refractivity (Wildman–Crippen MR) is 90.6 cm³/mol. The van der Waals surface area contributed by atoms with Gasteiger partial charge in [0.05, 0.1) is 18.1 Å². The highest BCUT2D eigenvalue weighted by molar-refractivity contribution is 5.87. The van der Waals surface area contributed by atoms with E-state index in [9.17, 15) is 14.7 Å². The lowest BCUT2D eigenvalue weighted by atomic mass is 9.48. The second-order valence-corrected chi connectivity index (χ2v) is 9.35. The van der Waals surface area contributed by atoms with E-state index in [2.05, 4.69) is 12.2 Å². The first-order valence-corrected chi connectivity index (χ1v) is 9.82. The molecule has 0 aromatic carbocycles. The zero-order valence-corrected chi connectivity index (χ0v) is 14.7. The van der Waals surface area contributed by atoms with Crippen LogP contribution in [0.25, 0.3) is 0 Å². The van der Waals surface area contributed by atoms with Crippen molar-refractivity contribution in [2.75, 3.05) is 0 Å². The first-order valence-electron chi connectivity index (χ1n) is 9.82. The molecular formula is C20H27NO4. The third-order valence-corrected chi connectivity index (χ3v) is 7.85. The Morgan fingerprint density at radius 2 is 1.56 bits per heavy atom. The zero-order chi connectivity index (χ0) is 17.3. The quantitative estimate of drug-likeness (QED) is 0.767. The van der Waals surface area contributed by atoms with Crippen LogP contribution in [0.2, 0.25) is 0 Å². The van der Waals surface area contributed by atoms with E-state index in [1.807, 2.05) is 6.08 Å². The molecule has 4 saturated carbocycles. The Kier molecular flexibility index (Phi) is 3.38. The van der Waals surface area contributed by atoms with Gasteiger partial charge in [0, 0.05) is 6.04 Å². The number of carbonyl (C=O) groups excluding carboxylic acids is 1. The standard InChI is InChI=1S/C20H27NO4/c1-10(20-7-11-4-12(8-20)6-13(5-11)9-20)21-18(22)16-14-2-3-15(25-14)17(16)19(23)24/h2-3,10-17H,4-9H2,1H3,(H,21,22)(H,23,24). The topological polar surface area (TPSA) is 75.6 Å². The van der Waals surface area contributed by atoms with E-state index in [0.717, 1.165) is 17.8 Å². The summed E-state index contributed by atoms with van der Waals surface area (Å²) in [7, 11) is 0. The fourth-order valence-electron chi connectivity index (χ4n) is 7.09. The van der Waals surface area contributed by atoms with Gasteiger partial charge < -0.3 is 15.2 Å². The fourth-order valence-corrected chi connectivity index (χ4v) is 7.09. The minimum Gasteiger partial charge on any atom is -0.481 e. The molecule has 6 rings (SSSR count). The van der Waals surface area contributed by atoms with Crippen molar-refractivity contribution in [2.24, 2.45) is 35.0 Å². The molecule has 5 atom stereocenters. The van der Waals surface area contributed by atoms with Gasteiger partial charge in [-0.1, -0.05) is 12.2 Å². The summed E-state index contributed by atoms with van der Waals surface area (Å²) in [5, 5.41) is 12.8. The van der Waals surface area contributed by atoms with E-state index in [1.54, 1.807) is 6.08 Å².